The third-order valence-corrected chi connectivity index (χ3v) is 11.7. The molecule has 1 aliphatic carbocycles. The van der Waals surface area contributed by atoms with Gasteiger partial charge in [-0.15, -0.1) is 0 Å². The molecule has 1 aliphatic rings. The van der Waals surface area contributed by atoms with E-state index in [0.29, 0.717) is 0 Å². The third-order valence-electron chi connectivity index (χ3n) is 11.7. The highest BCUT2D eigenvalue weighted by Gasteiger charge is 2.46. The van der Waals surface area contributed by atoms with Gasteiger partial charge in [0.1, 0.15) is 0 Å². The Morgan fingerprint density at radius 1 is 0.278 bits per heavy atom. The molecule has 0 bridgehead atoms. The molecule has 0 spiro atoms. The Balaban J connectivity index is 1.21. The maximum Gasteiger partial charge on any atom is 0.0714 e. The lowest BCUT2D eigenvalue weighted by molar-refractivity contribution is 0.768. The molecule has 1 nitrogen and oxygen atoms in total. The van der Waals surface area contributed by atoms with Gasteiger partial charge in [0.05, 0.1) is 5.41 Å². The Morgan fingerprint density at radius 2 is 0.741 bits per heavy atom. The SMILES string of the molecule is c1ccc(C2(c3ccccc3)c3ccccc3-c3ccc(N(c4ccc5ccccc5c4)c4ccc5c6ccccc6c6ccccc6c5c4)cc32)cc1. The van der Waals surface area contributed by atoms with E-state index in [1.807, 2.05) is 0 Å². The van der Waals surface area contributed by atoms with E-state index in [2.05, 4.69) is 217 Å². The summed E-state index contributed by atoms with van der Waals surface area (Å²) < 4.78 is 0. The molecule has 0 atom stereocenters. The van der Waals surface area contributed by atoms with Gasteiger partial charge in [0.2, 0.25) is 0 Å². The minimum atomic E-state index is -0.488. The highest BCUT2D eigenvalue weighted by Crippen LogP contribution is 2.57. The van der Waals surface area contributed by atoms with E-state index in [0.717, 1.165) is 17.1 Å². The molecule has 0 fully saturated rings. The second-order valence-electron chi connectivity index (χ2n) is 14.4. The van der Waals surface area contributed by atoms with Crippen LogP contribution in [0.1, 0.15) is 22.3 Å². The summed E-state index contributed by atoms with van der Waals surface area (Å²) in [5.74, 6) is 0. The first-order valence-electron chi connectivity index (χ1n) is 18.8. The first kappa shape index (κ1) is 30.6. The lowest BCUT2D eigenvalue weighted by Gasteiger charge is -2.35. The van der Waals surface area contributed by atoms with Crippen LogP contribution in [0.5, 0.6) is 0 Å². The molecular formula is C53H35N. The van der Waals surface area contributed by atoms with E-state index in [1.54, 1.807) is 0 Å². The summed E-state index contributed by atoms with van der Waals surface area (Å²) in [5.41, 5.74) is 10.6. The zero-order valence-electron chi connectivity index (χ0n) is 29.7. The van der Waals surface area contributed by atoms with Crippen molar-refractivity contribution in [1.29, 1.82) is 0 Å². The van der Waals surface area contributed by atoms with Crippen molar-refractivity contribution >= 4 is 60.2 Å². The van der Waals surface area contributed by atoms with Crippen molar-refractivity contribution in [2.24, 2.45) is 0 Å². The number of anilines is 3. The van der Waals surface area contributed by atoms with Crippen molar-refractivity contribution in [2.45, 2.75) is 5.41 Å². The van der Waals surface area contributed by atoms with Gasteiger partial charge in [-0.05, 0) is 113 Å². The molecule has 54 heavy (non-hydrogen) atoms. The molecule has 0 heterocycles. The first-order chi connectivity index (χ1) is 26.8. The summed E-state index contributed by atoms with van der Waals surface area (Å²) in [6.07, 6.45) is 0. The number of benzene rings is 10. The molecule has 0 saturated carbocycles. The Kier molecular flexibility index (Phi) is 6.84. The largest absolute Gasteiger partial charge is 0.310 e. The van der Waals surface area contributed by atoms with Gasteiger partial charge in [-0.1, -0.05) is 176 Å². The van der Waals surface area contributed by atoms with Crippen LogP contribution >= 0.6 is 0 Å². The monoisotopic (exact) mass is 685 g/mol. The van der Waals surface area contributed by atoms with Crippen LogP contribution in [0.3, 0.4) is 0 Å². The molecule has 0 amide bonds. The van der Waals surface area contributed by atoms with Gasteiger partial charge in [-0.25, -0.2) is 0 Å². The number of nitrogens with zero attached hydrogens (tertiary/aromatic N) is 1. The molecule has 0 N–H and O–H groups in total. The predicted molar refractivity (Wildman–Crippen MR) is 228 cm³/mol. The quantitative estimate of drug-likeness (QED) is 0.163. The molecule has 10 aromatic carbocycles. The van der Waals surface area contributed by atoms with Gasteiger partial charge in [0.15, 0.2) is 0 Å². The molecular weight excluding hydrogens is 651 g/mol. The summed E-state index contributed by atoms with van der Waals surface area (Å²) in [6, 6.07) is 78.5. The van der Waals surface area contributed by atoms with E-state index in [4.69, 9.17) is 0 Å². The van der Waals surface area contributed by atoms with Crippen LogP contribution in [0.15, 0.2) is 212 Å². The zero-order chi connectivity index (χ0) is 35.6. The average molecular weight is 686 g/mol. The maximum atomic E-state index is 2.47. The van der Waals surface area contributed by atoms with E-state index in [-0.39, 0.29) is 0 Å². The van der Waals surface area contributed by atoms with Crippen LogP contribution in [-0.4, -0.2) is 0 Å². The summed E-state index contributed by atoms with van der Waals surface area (Å²) in [7, 11) is 0. The summed E-state index contributed by atoms with van der Waals surface area (Å²) in [6.45, 7) is 0. The van der Waals surface area contributed by atoms with Crippen molar-refractivity contribution < 1.29 is 0 Å². The summed E-state index contributed by atoms with van der Waals surface area (Å²) >= 11 is 0. The summed E-state index contributed by atoms with van der Waals surface area (Å²) in [5, 5.41) is 10.1. The Hall–Kier alpha value is -6.96. The molecule has 0 aromatic heterocycles. The van der Waals surface area contributed by atoms with Crippen molar-refractivity contribution in [3.63, 3.8) is 0 Å². The minimum Gasteiger partial charge on any atom is -0.310 e. The second kappa shape index (κ2) is 12.0. The molecule has 10 aromatic rings. The first-order valence-corrected chi connectivity index (χ1v) is 18.8. The van der Waals surface area contributed by atoms with E-state index >= 15 is 0 Å². The second-order valence-corrected chi connectivity index (χ2v) is 14.4. The van der Waals surface area contributed by atoms with Gasteiger partial charge in [0, 0.05) is 17.1 Å². The minimum absolute atomic E-state index is 0.488. The molecule has 11 rings (SSSR count). The van der Waals surface area contributed by atoms with E-state index < -0.39 is 5.41 Å². The zero-order valence-corrected chi connectivity index (χ0v) is 29.7. The van der Waals surface area contributed by atoms with Crippen molar-refractivity contribution in [3.8, 4) is 11.1 Å². The fourth-order valence-electron chi connectivity index (χ4n) is 9.37. The Labute approximate surface area is 315 Å². The van der Waals surface area contributed by atoms with Crippen molar-refractivity contribution in [2.75, 3.05) is 4.90 Å². The average Bonchev–Trinajstić information content (AvgIpc) is 3.55. The predicted octanol–water partition coefficient (Wildman–Crippen LogP) is 14.1. The molecule has 0 unspecified atom stereocenters. The molecule has 0 radical (unpaired) electrons. The summed E-state index contributed by atoms with van der Waals surface area (Å²) in [4.78, 5) is 2.46. The molecule has 0 aliphatic heterocycles. The standard InChI is InChI=1S/C53H35N/c1-3-17-38(18-4-1)53(39-19-5-2-6-20-39)51-26-14-13-25-48(51)49-32-30-42(35-52(49)53)54(40-28-27-36-15-7-8-16-37(36)33-40)41-29-31-47-45-23-10-9-21-43(45)44-22-11-12-24-46(44)50(47)34-41/h1-35H. The highest BCUT2D eigenvalue weighted by molar-refractivity contribution is 6.25. The fraction of sp³-hybridized carbons (Fsp3) is 0.0189. The smallest absolute Gasteiger partial charge is 0.0714 e. The molecule has 252 valence electrons. The van der Waals surface area contributed by atoms with Gasteiger partial charge in [0.25, 0.3) is 0 Å². The number of hydrogen-bond donors (Lipinski definition) is 0. The van der Waals surface area contributed by atoms with E-state index in [1.165, 1.54) is 76.5 Å². The number of hydrogen-bond acceptors (Lipinski definition) is 1. The van der Waals surface area contributed by atoms with Crippen LogP contribution in [0, 0.1) is 0 Å². The Morgan fingerprint density at radius 3 is 1.43 bits per heavy atom. The van der Waals surface area contributed by atoms with Gasteiger partial charge < -0.3 is 4.90 Å². The third kappa shape index (κ3) is 4.45. The maximum absolute atomic E-state index is 2.47. The lowest BCUT2D eigenvalue weighted by atomic mass is 9.67. The van der Waals surface area contributed by atoms with Gasteiger partial charge >= 0.3 is 0 Å². The highest BCUT2D eigenvalue weighted by atomic mass is 15.1. The molecule has 0 saturated heterocycles. The van der Waals surface area contributed by atoms with Crippen LogP contribution in [-0.2, 0) is 5.41 Å². The van der Waals surface area contributed by atoms with Crippen LogP contribution < -0.4 is 4.90 Å². The topological polar surface area (TPSA) is 3.24 Å². The van der Waals surface area contributed by atoms with Crippen molar-refractivity contribution in [3.05, 3.63) is 235 Å². The van der Waals surface area contributed by atoms with Crippen LogP contribution in [0.25, 0.3) is 54.2 Å². The van der Waals surface area contributed by atoms with Crippen molar-refractivity contribution in [1.82, 2.24) is 0 Å². The Bertz CT molecular complexity index is 2980. The number of rotatable bonds is 5. The van der Waals surface area contributed by atoms with E-state index in [9.17, 15) is 0 Å². The number of fused-ring (bicyclic) bond motifs is 10. The fourth-order valence-corrected chi connectivity index (χ4v) is 9.37. The van der Waals surface area contributed by atoms with Crippen LogP contribution in [0.4, 0.5) is 17.1 Å². The normalized spacial score (nSPS) is 13.0. The van der Waals surface area contributed by atoms with Crippen LogP contribution in [0.2, 0.25) is 0 Å². The van der Waals surface area contributed by atoms with Gasteiger partial charge in [-0.2, -0.15) is 0 Å². The van der Waals surface area contributed by atoms with Gasteiger partial charge in [-0.3, -0.25) is 0 Å². The molecule has 1 heteroatoms. The lowest BCUT2D eigenvalue weighted by Crippen LogP contribution is -2.28.